The number of nitrogens with one attached hydrogen (secondary N) is 1. The number of halogens is 3. The molecule has 2 aromatic rings. The number of para-hydroxylation sites is 2. The van der Waals surface area contributed by atoms with Crippen molar-refractivity contribution in [2.75, 3.05) is 43.1 Å². The van der Waals surface area contributed by atoms with E-state index in [1.54, 1.807) is 6.07 Å². The minimum absolute atomic E-state index is 0.197. The monoisotopic (exact) mass is 381 g/mol. The number of alkyl halides is 3. The van der Waals surface area contributed by atoms with Gasteiger partial charge in [-0.3, -0.25) is 4.79 Å². The van der Waals surface area contributed by atoms with E-state index in [0.29, 0.717) is 18.9 Å². The molecule has 1 aliphatic heterocycles. The third-order valence-electron chi connectivity index (χ3n) is 3.89. The summed E-state index contributed by atoms with van der Waals surface area (Å²) in [7, 11) is 0. The average molecular weight is 381 g/mol. The Morgan fingerprint density at radius 3 is 2.59 bits per heavy atom. The van der Waals surface area contributed by atoms with Gasteiger partial charge in [-0.05, 0) is 18.2 Å². The number of hydrogen-bond donors (Lipinski definition) is 1. The summed E-state index contributed by atoms with van der Waals surface area (Å²) >= 11 is 0. The van der Waals surface area contributed by atoms with Crippen molar-refractivity contribution >= 4 is 17.3 Å². The first-order valence-electron chi connectivity index (χ1n) is 8.31. The van der Waals surface area contributed by atoms with Crippen LogP contribution in [0.5, 0.6) is 5.88 Å². The molecule has 3 rings (SSSR count). The van der Waals surface area contributed by atoms with Gasteiger partial charge in [-0.1, -0.05) is 12.1 Å². The number of ether oxygens (including phenoxy) is 2. The summed E-state index contributed by atoms with van der Waals surface area (Å²) in [4.78, 5) is 18.3. The molecule has 1 fully saturated rings. The first-order chi connectivity index (χ1) is 12.9. The summed E-state index contributed by atoms with van der Waals surface area (Å²) < 4.78 is 46.3. The molecule has 0 spiro atoms. The molecule has 1 aromatic carbocycles. The molecule has 0 saturated carbocycles. The van der Waals surface area contributed by atoms with Crippen molar-refractivity contribution in [3.8, 4) is 5.88 Å². The van der Waals surface area contributed by atoms with E-state index in [9.17, 15) is 18.0 Å². The fourth-order valence-corrected chi connectivity index (χ4v) is 2.61. The Morgan fingerprint density at radius 1 is 1.19 bits per heavy atom. The van der Waals surface area contributed by atoms with Gasteiger partial charge in [0.25, 0.3) is 5.91 Å². The number of morpholine rings is 1. The highest BCUT2D eigenvalue weighted by molar-refractivity contribution is 6.05. The molecule has 1 saturated heterocycles. The molecule has 0 aliphatic carbocycles. The first-order valence-corrected chi connectivity index (χ1v) is 8.31. The molecule has 144 valence electrons. The van der Waals surface area contributed by atoms with Gasteiger partial charge in [-0.15, -0.1) is 0 Å². The normalized spacial score (nSPS) is 14.7. The van der Waals surface area contributed by atoms with Crippen LogP contribution in [0.4, 0.5) is 24.5 Å². The lowest BCUT2D eigenvalue weighted by Gasteiger charge is -2.30. The zero-order valence-corrected chi connectivity index (χ0v) is 14.3. The third-order valence-corrected chi connectivity index (χ3v) is 3.89. The van der Waals surface area contributed by atoms with Crippen molar-refractivity contribution in [2.45, 2.75) is 6.18 Å². The van der Waals surface area contributed by atoms with Crippen LogP contribution in [-0.2, 0) is 4.74 Å². The molecule has 1 N–H and O–H groups in total. The van der Waals surface area contributed by atoms with Crippen LogP contribution < -0.4 is 15.0 Å². The number of carbonyl (C=O) groups excluding carboxylic acids is 1. The largest absolute Gasteiger partial charge is 0.468 e. The number of amides is 1. The second kappa shape index (κ2) is 8.26. The van der Waals surface area contributed by atoms with Gasteiger partial charge >= 0.3 is 6.18 Å². The van der Waals surface area contributed by atoms with E-state index in [1.165, 1.54) is 18.3 Å². The van der Waals surface area contributed by atoms with Gasteiger partial charge in [0.2, 0.25) is 5.88 Å². The highest BCUT2D eigenvalue weighted by Gasteiger charge is 2.28. The lowest BCUT2D eigenvalue weighted by atomic mass is 10.2. The maximum atomic E-state index is 12.5. The minimum Gasteiger partial charge on any atom is -0.468 e. The van der Waals surface area contributed by atoms with Gasteiger partial charge in [0.15, 0.2) is 6.61 Å². The highest BCUT2D eigenvalue weighted by Crippen LogP contribution is 2.27. The summed E-state index contributed by atoms with van der Waals surface area (Å²) in [5.41, 5.74) is 1.74. The fourth-order valence-electron chi connectivity index (χ4n) is 2.61. The summed E-state index contributed by atoms with van der Waals surface area (Å²) in [6, 6.07) is 9.99. The number of hydrogen-bond acceptors (Lipinski definition) is 5. The van der Waals surface area contributed by atoms with Crippen LogP contribution in [0, 0.1) is 0 Å². The smallest absolute Gasteiger partial charge is 0.422 e. The van der Waals surface area contributed by atoms with Crippen molar-refractivity contribution in [3.05, 3.63) is 48.2 Å². The Balaban J connectivity index is 1.67. The van der Waals surface area contributed by atoms with E-state index in [2.05, 4.69) is 19.9 Å². The Kier molecular flexibility index (Phi) is 5.80. The molecule has 6 nitrogen and oxygen atoms in total. The molecule has 1 aromatic heterocycles. The van der Waals surface area contributed by atoms with Gasteiger partial charge in [-0.2, -0.15) is 13.2 Å². The van der Waals surface area contributed by atoms with Gasteiger partial charge in [0, 0.05) is 25.4 Å². The van der Waals surface area contributed by atoms with Crippen molar-refractivity contribution in [1.29, 1.82) is 0 Å². The van der Waals surface area contributed by atoms with E-state index >= 15 is 0 Å². The first kappa shape index (κ1) is 19.0. The average Bonchev–Trinajstić information content (AvgIpc) is 2.67. The predicted molar refractivity (Wildman–Crippen MR) is 93.2 cm³/mol. The molecule has 1 aliphatic rings. The highest BCUT2D eigenvalue weighted by atomic mass is 19.4. The maximum absolute atomic E-state index is 12.5. The molecule has 1 amide bonds. The summed E-state index contributed by atoms with van der Waals surface area (Å²) in [6.45, 7) is 1.25. The number of nitrogens with zero attached hydrogens (tertiary/aromatic N) is 2. The SMILES string of the molecule is O=C(Nc1ccccc1N1CCOCC1)c1ccc(OCC(F)(F)F)nc1. The summed E-state index contributed by atoms with van der Waals surface area (Å²) in [5, 5.41) is 2.82. The molecule has 0 unspecified atom stereocenters. The number of aromatic nitrogens is 1. The zero-order chi connectivity index (χ0) is 19.3. The Bertz CT molecular complexity index is 775. The number of rotatable bonds is 5. The van der Waals surface area contributed by atoms with Crippen LogP contribution in [0.25, 0.3) is 0 Å². The molecular formula is C18H18F3N3O3. The van der Waals surface area contributed by atoms with Crippen LogP contribution in [0.2, 0.25) is 0 Å². The topological polar surface area (TPSA) is 63.7 Å². The molecule has 0 bridgehead atoms. The summed E-state index contributed by atoms with van der Waals surface area (Å²) in [5.74, 6) is -0.608. The van der Waals surface area contributed by atoms with Crippen molar-refractivity contribution < 1.29 is 27.4 Å². The van der Waals surface area contributed by atoms with Crippen LogP contribution in [-0.4, -0.2) is 50.0 Å². The molecule has 0 atom stereocenters. The quantitative estimate of drug-likeness (QED) is 0.862. The maximum Gasteiger partial charge on any atom is 0.422 e. The van der Waals surface area contributed by atoms with Crippen molar-refractivity contribution in [3.63, 3.8) is 0 Å². The third kappa shape index (κ3) is 5.33. The number of carbonyl (C=O) groups is 1. The number of benzene rings is 1. The van der Waals surface area contributed by atoms with E-state index in [1.807, 2.05) is 18.2 Å². The predicted octanol–water partition coefficient (Wildman–Crippen LogP) is 3.11. The molecule has 9 heteroatoms. The van der Waals surface area contributed by atoms with E-state index in [-0.39, 0.29) is 11.4 Å². The second-order valence-corrected chi connectivity index (χ2v) is 5.86. The molecule has 27 heavy (non-hydrogen) atoms. The van der Waals surface area contributed by atoms with Crippen molar-refractivity contribution in [2.24, 2.45) is 0 Å². The Labute approximate surface area is 153 Å². The van der Waals surface area contributed by atoms with Gasteiger partial charge < -0.3 is 19.7 Å². The zero-order valence-electron chi connectivity index (χ0n) is 14.3. The van der Waals surface area contributed by atoms with E-state index < -0.39 is 18.7 Å². The van der Waals surface area contributed by atoms with Crippen LogP contribution >= 0.6 is 0 Å². The molecular weight excluding hydrogens is 363 g/mol. The van der Waals surface area contributed by atoms with E-state index in [4.69, 9.17) is 4.74 Å². The van der Waals surface area contributed by atoms with Crippen LogP contribution in [0.15, 0.2) is 42.6 Å². The van der Waals surface area contributed by atoms with Crippen molar-refractivity contribution in [1.82, 2.24) is 4.98 Å². The number of anilines is 2. The lowest BCUT2D eigenvalue weighted by molar-refractivity contribution is -0.154. The van der Waals surface area contributed by atoms with Gasteiger partial charge in [-0.25, -0.2) is 4.98 Å². The van der Waals surface area contributed by atoms with Crippen LogP contribution in [0.1, 0.15) is 10.4 Å². The van der Waals surface area contributed by atoms with Gasteiger partial charge in [0.05, 0.1) is 30.2 Å². The summed E-state index contributed by atoms with van der Waals surface area (Å²) in [6.07, 6.45) is -3.26. The Hall–Kier alpha value is -2.81. The van der Waals surface area contributed by atoms with Gasteiger partial charge in [0.1, 0.15) is 0 Å². The van der Waals surface area contributed by atoms with Crippen LogP contribution in [0.3, 0.4) is 0 Å². The molecule has 0 radical (unpaired) electrons. The fraction of sp³-hybridized carbons (Fsp3) is 0.333. The Morgan fingerprint density at radius 2 is 1.93 bits per heavy atom. The number of pyridine rings is 1. The lowest BCUT2D eigenvalue weighted by Crippen LogP contribution is -2.36. The molecule has 2 heterocycles. The second-order valence-electron chi connectivity index (χ2n) is 5.86. The minimum atomic E-state index is -4.44. The standard InChI is InChI=1S/C18H18F3N3O3/c19-18(20,21)12-27-16-6-5-13(11-22-16)17(25)23-14-3-1-2-4-15(14)24-7-9-26-10-8-24/h1-6,11H,7-10,12H2,(H,23,25). The van der Waals surface area contributed by atoms with E-state index in [0.717, 1.165) is 18.8 Å².